The van der Waals surface area contributed by atoms with Gasteiger partial charge in [-0.1, -0.05) is 12.1 Å². The van der Waals surface area contributed by atoms with Crippen molar-refractivity contribution >= 4 is 29.4 Å². The Bertz CT molecular complexity index is 391. The summed E-state index contributed by atoms with van der Waals surface area (Å²) in [5.41, 5.74) is 0. The van der Waals surface area contributed by atoms with Crippen molar-refractivity contribution in [1.82, 2.24) is 0 Å². The average Bonchev–Trinajstić information content (AvgIpc) is 2.83. The van der Waals surface area contributed by atoms with Crippen molar-refractivity contribution < 1.29 is 19.1 Å². The van der Waals surface area contributed by atoms with Gasteiger partial charge in [0.25, 0.3) is 0 Å². The van der Waals surface area contributed by atoms with Crippen molar-refractivity contribution in [3.63, 3.8) is 0 Å². The van der Waals surface area contributed by atoms with Crippen molar-refractivity contribution in [3.05, 3.63) is 28.5 Å². The van der Waals surface area contributed by atoms with Gasteiger partial charge in [-0.2, -0.15) is 0 Å². The van der Waals surface area contributed by atoms with Crippen LogP contribution in [0, 0.1) is 5.92 Å². The molecule has 0 bridgehead atoms. The molecule has 0 fully saturated rings. The number of hydrogen-bond acceptors (Lipinski definition) is 5. The molecular weight excluding hydrogens is 252 g/mol. The van der Waals surface area contributed by atoms with Gasteiger partial charge in [-0.3, -0.25) is 9.59 Å². The second-order valence-corrected chi connectivity index (χ2v) is 4.34. The highest BCUT2D eigenvalue weighted by atomic mass is 32.1. The van der Waals surface area contributed by atoms with Gasteiger partial charge in [0.05, 0.1) is 13.2 Å². The summed E-state index contributed by atoms with van der Waals surface area (Å²) < 4.78 is 9.71. The highest BCUT2D eigenvalue weighted by Gasteiger charge is 2.26. The molecule has 1 heterocycles. The van der Waals surface area contributed by atoms with E-state index in [0.717, 1.165) is 4.88 Å². The van der Waals surface area contributed by atoms with Gasteiger partial charge >= 0.3 is 11.9 Å². The van der Waals surface area contributed by atoms with Gasteiger partial charge in [0, 0.05) is 4.88 Å². The van der Waals surface area contributed by atoms with Gasteiger partial charge in [-0.25, -0.2) is 0 Å². The molecule has 0 N–H and O–H groups in total. The molecule has 1 rings (SSSR count). The monoisotopic (exact) mass is 268 g/mol. The molecule has 0 aromatic carbocycles. The van der Waals surface area contributed by atoms with Crippen molar-refractivity contribution in [1.29, 1.82) is 0 Å². The molecule has 0 unspecified atom stereocenters. The van der Waals surface area contributed by atoms with Crippen LogP contribution in [0.2, 0.25) is 0 Å². The summed E-state index contributed by atoms with van der Waals surface area (Å²) in [6, 6.07) is 3.79. The second-order valence-electron chi connectivity index (χ2n) is 3.36. The average molecular weight is 268 g/mol. The minimum atomic E-state index is -0.994. The largest absolute Gasteiger partial charge is 0.465 e. The predicted molar refractivity (Wildman–Crippen MR) is 70.1 cm³/mol. The van der Waals surface area contributed by atoms with Gasteiger partial charge in [-0.15, -0.1) is 11.3 Å². The second kappa shape index (κ2) is 7.66. The van der Waals surface area contributed by atoms with Crippen LogP contribution in [0.1, 0.15) is 18.7 Å². The van der Waals surface area contributed by atoms with Gasteiger partial charge in [0.1, 0.15) is 0 Å². The van der Waals surface area contributed by atoms with E-state index in [9.17, 15) is 9.59 Å². The van der Waals surface area contributed by atoms with Crippen LogP contribution in [0.15, 0.2) is 23.6 Å². The molecule has 0 aliphatic rings. The third kappa shape index (κ3) is 4.33. The van der Waals surface area contributed by atoms with E-state index in [-0.39, 0.29) is 13.2 Å². The zero-order valence-corrected chi connectivity index (χ0v) is 11.2. The summed E-state index contributed by atoms with van der Waals surface area (Å²) in [5, 5.41) is 1.92. The van der Waals surface area contributed by atoms with Crippen LogP contribution >= 0.6 is 11.3 Å². The molecule has 4 nitrogen and oxygen atoms in total. The quantitative estimate of drug-likeness (QED) is 0.587. The Morgan fingerprint density at radius 1 is 1.28 bits per heavy atom. The third-order valence-corrected chi connectivity index (χ3v) is 2.91. The Morgan fingerprint density at radius 2 is 1.89 bits per heavy atom. The van der Waals surface area contributed by atoms with E-state index in [2.05, 4.69) is 0 Å². The molecule has 0 saturated heterocycles. The summed E-state index contributed by atoms with van der Waals surface area (Å²) >= 11 is 1.52. The maximum absolute atomic E-state index is 11.6. The van der Waals surface area contributed by atoms with Gasteiger partial charge in [-0.05, 0) is 31.4 Å². The summed E-state index contributed by atoms with van der Waals surface area (Å²) in [4.78, 5) is 24.3. The number of carbonyl (C=O) groups excluding carboxylic acids is 2. The molecule has 0 amide bonds. The molecule has 0 aliphatic carbocycles. The van der Waals surface area contributed by atoms with E-state index in [1.807, 2.05) is 17.5 Å². The lowest BCUT2D eigenvalue weighted by atomic mass is 10.1. The molecule has 1 aromatic heterocycles. The van der Waals surface area contributed by atoms with Crippen LogP contribution in [0.5, 0.6) is 0 Å². The fraction of sp³-hybridized carbons (Fsp3) is 0.385. The maximum atomic E-state index is 11.6. The minimum absolute atomic E-state index is 0.238. The molecule has 0 radical (unpaired) electrons. The lowest BCUT2D eigenvalue weighted by Crippen LogP contribution is -2.26. The smallest absolute Gasteiger partial charge is 0.324 e. The molecular formula is C13H16O4S. The van der Waals surface area contributed by atoms with Gasteiger partial charge < -0.3 is 9.47 Å². The van der Waals surface area contributed by atoms with Crippen LogP contribution < -0.4 is 0 Å². The Hall–Kier alpha value is -1.62. The lowest BCUT2D eigenvalue weighted by Gasteiger charge is -2.10. The first kappa shape index (κ1) is 14.4. The first-order chi connectivity index (χ1) is 8.69. The number of rotatable bonds is 6. The normalized spacial score (nSPS) is 10.8. The molecule has 18 heavy (non-hydrogen) atoms. The molecule has 0 spiro atoms. The van der Waals surface area contributed by atoms with Gasteiger partial charge in [0.15, 0.2) is 5.92 Å². The highest BCUT2D eigenvalue weighted by Crippen LogP contribution is 2.14. The Kier molecular flexibility index (Phi) is 6.14. The SMILES string of the molecule is CCOC(=O)C(/C=C/c1cccs1)C(=O)OCC. The van der Waals surface area contributed by atoms with Crippen molar-refractivity contribution in [2.45, 2.75) is 13.8 Å². The molecule has 1 aromatic rings. The summed E-state index contributed by atoms with van der Waals surface area (Å²) in [6.07, 6.45) is 3.24. The number of carbonyl (C=O) groups is 2. The first-order valence-electron chi connectivity index (χ1n) is 5.74. The van der Waals surface area contributed by atoms with E-state index in [4.69, 9.17) is 9.47 Å². The van der Waals surface area contributed by atoms with E-state index in [0.29, 0.717) is 0 Å². The van der Waals surface area contributed by atoms with Crippen LogP contribution in [0.4, 0.5) is 0 Å². The number of hydrogen-bond donors (Lipinski definition) is 0. The molecule has 98 valence electrons. The zero-order valence-electron chi connectivity index (χ0n) is 10.4. The minimum Gasteiger partial charge on any atom is -0.465 e. The van der Waals surface area contributed by atoms with Crippen molar-refractivity contribution in [2.24, 2.45) is 5.92 Å². The van der Waals surface area contributed by atoms with Crippen molar-refractivity contribution in [2.75, 3.05) is 13.2 Å². The zero-order chi connectivity index (χ0) is 13.4. The molecule has 0 saturated carbocycles. The Balaban J connectivity index is 2.77. The molecule has 0 aliphatic heterocycles. The topological polar surface area (TPSA) is 52.6 Å². The van der Waals surface area contributed by atoms with Crippen LogP contribution in [0.3, 0.4) is 0 Å². The summed E-state index contributed by atoms with van der Waals surface area (Å²) in [6.45, 7) is 3.87. The lowest BCUT2D eigenvalue weighted by molar-refractivity contribution is -0.158. The Labute approximate surface area is 110 Å². The Morgan fingerprint density at radius 3 is 2.33 bits per heavy atom. The van der Waals surface area contributed by atoms with Crippen LogP contribution in [-0.2, 0) is 19.1 Å². The third-order valence-electron chi connectivity index (χ3n) is 2.08. The number of ether oxygens (including phenoxy) is 2. The van der Waals surface area contributed by atoms with E-state index < -0.39 is 17.9 Å². The van der Waals surface area contributed by atoms with Gasteiger partial charge in [0.2, 0.25) is 0 Å². The fourth-order valence-corrected chi connectivity index (χ4v) is 1.92. The molecule has 5 heteroatoms. The van der Waals surface area contributed by atoms with E-state index in [1.165, 1.54) is 17.4 Å². The standard InChI is InChI=1S/C13H16O4S/c1-3-16-12(14)11(13(15)17-4-2)8-7-10-6-5-9-18-10/h5-9,11H,3-4H2,1-2H3/b8-7+. The molecule has 0 atom stereocenters. The van der Waals surface area contributed by atoms with E-state index in [1.54, 1.807) is 19.9 Å². The fourth-order valence-electron chi connectivity index (χ4n) is 1.29. The first-order valence-corrected chi connectivity index (χ1v) is 6.62. The highest BCUT2D eigenvalue weighted by molar-refractivity contribution is 7.10. The van der Waals surface area contributed by atoms with Crippen LogP contribution in [0.25, 0.3) is 6.08 Å². The number of thiophene rings is 1. The van der Waals surface area contributed by atoms with Crippen LogP contribution in [-0.4, -0.2) is 25.2 Å². The van der Waals surface area contributed by atoms with Crippen molar-refractivity contribution in [3.8, 4) is 0 Å². The van der Waals surface area contributed by atoms with E-state index >= 15 is 0 Å². The number of esters is 2. The maximum Gasteiger partial charge on any atom is 0.324 e. The summed E-state index contributed by atoms with van der Waals surface area (Å²) in [5.74, 6) is -2.15. The predicted octanol–water partition coefficient (Wildman–Crippen LogP) is 2.50. The summed E-state index contributed by atoms with van der Waals surface area (Å²) in [7, 11) is 0.